The predicted octanol–water partition coefficient (Wildman–Crippen LogP) is 4.84. The molecule has 2 aromatic carbocycles. The molecule has 0 bridgehead atoms. The van der Waals surface area contributed by atoms with E-state index in [2.05, 4.69) is 76.3 Å². The molecule has 1 heteroatoms. The third-order valence-electron chi connectivity index (χ3n) is 4.93. The van der Waals surface area contributed by atoms with Gasteiger partial charge in [0.05, 0.1) is 6.04 Å². The molecule has 1 N–H and O–H groups in total. The summed E-state index contributed by atoms with van der Waals surface area (Å²) in [4.78, 5) is 0. The maximum absolute atomic E-state index is 3.72. The van der Waals surface area contributed by atoms with Gasteiger partial charge < -0.3 is 5.32 Å². The van der Waals surface area contributed by atoms with E-state index in [4.69, 9.17) is 0 Å². The van der Waals surface area contributed by atoms with Crippen molar-refractivity contribution in [2.24, 2.45) is 0 Å². The molecule has 1 atom stereocenters. The van der Waals surface area contributed by atoms with Crippen LogP contribution in [-0.2, 0) is 11.8 Å². The molecule has 1 aliphatic rings. The summed E-state index contributed by atoms with van der Waals surface area (Å²) in [5, 5.41) is 3.72. The first-order valence-corrected chi connectivity index (χ1v) is 8.30. The molecular formula is C21H27N. The lowest BCUT2D eigenvalue weighted by Crippen LogP contribution is -2.31. The number of nitrogens with one attached hydrogen (secondary N) is 1. The van der Waals surface area contributed by atoms with Crippen molar-refractivity contribution in [1.29, 1.82) is 0 Å². The Kier molecular flexibility index (Phi) is 3.86. The van der Waals surface area contributed by atoms with Crippen LogP contribution in [0, 0.1) is 13.8 Å². The molecule has 1 unspecified atom stereocenters. The molecule has 1 heterocycles. The Hall–Kier alpha value is -1.60. The number of aryl methyl sites for hydroxylation is 2. The summed E-state index contributed by atoms with van der Waals surface area (Å²) < 4.78 is 0. The van der Waals surface area contributed by atoms with Crippen LogP contribution >= 0.6 is 0 Å². The maximum atomic E-state index is 3.72. The molecule has 0 saturated heterocycles. The maximum Gasteiger partial charge on any atom is 0.0579 e. The number of fused-ring (bicyclic) bond motifs is 1. The summed E-state index contributed by atoms with van der Waals surface area (Å²) in [7, 11) is 0. The Balaban J connectivity index is 2.08. The fourth-order valence-corrected chi connectivity index (χ4v) is 3.26. The van der Waals surface area contributed by atoms with Crippen molar-refractivity contribution in [3.63, 3.8) is 0 Å². The van der Waals surface area contributed by atoms with Gasteiger partial charge in [-0.1, -0.05) is 57.2 Å². The molecule has 2 aromatic rings. The number of rotatable bonds is 1. The fourth-order valence-electron chi connectivity index (χ4n) is 3.26. The van der Waals surface area contributed by atoms with Gasteiger partial charge in [0.2, 0.25) is 0 Å². The van der Waals surface area contributed by atoms with Crippen molar-refractivity contribution in [2.75, 3.05) is 6.54 Å². The minimum Gasteiger partial charge on any atom is -0.306 e. The molecule has 0 radical (unpaired) electrons. The average molecular weight is 293 g/mol. The van der Waals surface area contributed by atoms with Crippen LogP contribution < -0.4 is 5.32 Å². The quantitative estimate of drug-likeness (QED) is 0.793. The van der Waals surface area contributed by atoms with Crippen molar-refractivity contribution < 1.29 is 0 Å². The number of benzene rings is 2. The molecular weight excluding hydrogens is 266 g/mol. The second-order valence-corrected chi connectivity index (χ2v) is 7.64. The Morgan fingerprint density at radius 2 is 1.73 bits per heavy atom. The van der Waals surface area contributed by atoms with E-state index in [1.807, 2.05) is 0 Å². The summed E-state index contributed by atoms with van der Waals surface area (Å²) in [5.74, 6) is 0. The second kappa shape index (κ2) is 5.55. The molecule has 0 aliphatic carbocycles. The molecule has 0 saturated carbocycles. The Morgan fingerprint density at radius 3 is 2.41 bits per heavy atom. The molecule has 1 aliphatic heterocycles. The summed E-state index contributed by atoms with van der Waals surface area (Å²) in [6.45, 7) is 12.3. The van der Waals surface area contributed by atoms with Gasteiger partial charge in [0.25, 0.3) is 0 Å². The lowest BCUT2D eigenvalue weighted by atomic mass is 9.81. The van der Waals surface area contributed by atoms with Gasteiger partial charge >= 0.3 is 0 Å². The van der Waals surface area contributed by atoms with E-state index >= 15 is 0 Å². The first-order chi connectivity index (χ1) is 10.4. The van der Waals surface area contributed by atoms with Gasteiger partial charge in [0, 0.05) is 6.54 Å². The van der Waals surface area contributed by atoms with E-state index in [0.29, 0.717) is 6.04 Å². The minimum atomic E-state index is 0.195. The van der Waals surface area contributed by atoms with Crippen LogP contribution in [0.3, 0.4) is 0 Å². The van der Waals surface area contributed by atoms with Crippen LogP contribution in [0.5, 0.6) is 0 Å². The van der Waals surface area contributed by atoms with Gasteiger partial charge in [-0.3, -0.25) is 0 Å². The van der Waals surface area contributed by atoms with Gasteiger partial charge in [-0.15, -0.1) is 0 Å². The lowest BCUT2D eigenvalue weighted by molar-refractivity contribution is 0.555. The topological polar surface area (TPSA) is 12.0 Å². The number of hydrogen-bond acceptors (Lipinski definition) is 1. The standard InChI is InChI=1S/C21H27N/c1-14-6-7-17(12-15(14)2)20-19-13-18(21(3,4)5)9-8-16(19)10-11-22-20/h6-9,12-13,20,22H,10-11H2,1-5H3. The first kappa shape index (κ1) is 15.3. The highest BCUT2D eigenvalue weighted by molar-refractivity contribution is 5.45. The lowest BCUT2D eigenvalue weighted by Gasteiger charge is -2.30. The zero-order valence-electron chi connectivity index (χ0n) is 14.5. The number of hydrogen-bond donors (Lipinski definition) is 1. The molecule has 1 nitrogen and oxygen atoms in total. The van der Waals surface area contributed by atoms with E-state index in [-0.39, 0.29) is 5.41 Å². The molecule has 0 aromatic heterocycles. The minimum absolute atomic E-state index is 0.195. The Labute approximate surface area is 134 Å². The van der Waals surface area contributed by atoms with E-state index in [1.54, 1.807) is 0 Å². The van der Waals surface area contributed by atoms with Gasteiger partial charge in [0.1, 0.15) is 0 Å². The summed E-state index contributed by atoms with van der Waals surface area (Å²) in [6, 6.07) is 14.2. The van der Waals surface area contributed by atoms with Crippen LogP contribution in [0.2, 0.25) is 0 Å². The van der Waals surface area contributed by atoms with Gasteiger partial charge in [-0.25, -0.2) is 0 Å². The van der Waals surface area contributed by atoms with E-state index < -0.39 is 0 Å². The molecule has 0 fully saturated rings. The van der Waals surface area contributed by atoms with Crippen molar-refractivity contribution in [3.8, 4) is 0 Å². The van der Waals surface area contributed by atoms with E-state index in [1.165, 1.54) is 33.4 Å². The molecule has 116 valence electrons. The smallest absolute Gasteiger partial charge is 0.0579 e. The van der Waals surface area contributed by atoms with Crippen molar-refractivity contribution in [3.05, 3.63) is 69.8 Å². The highest BCUT2D eigenvalue weighted by Crippen LogP contribution is 2.33. The normalized spacial score (nSPS) is 18.1. The molecule has 0 spiro atoms. The second-order valence-electron chi connectivity index (χ2n) is 7.64. The summed E-state index contributed by atoms with van der Waals surface area (Å²) in [6.07, 6.45) is 1.13. The van der Waals surface area contributed by atoms with E-state index in [9.17, 15) is 0 Å². The fraction of sp³-hybridized carbons (Fsp3) is 0.429. The van der Waals surface area contributed by atoms with Crippen LogP contribution in [0.4, 0.5) is 0 Å². The van der Waals surface area contributed by atoms with Crippen molar-refractivity contribution >= 4 is 0 Å². The molecule has 0 amide bonds. The van der Waals surface area contributed by atoms with Gasteiger partial charge in [0.15, 0.2) is 0 Å². The monoisotopic (exact) mass is 293 g/mol. The summed E-state index contributed by atoms with van der Waals surface area (Å²) >= 11 is 0. The SMILES string of the molecule is Cc1ccc(C2NCCc3ccc(C(C)(C)C)cc32)cc1C. The molecule has 3 rings (SSSR count). The highest BCUT2D eigenvalue weighted by atomic mass is 14.9. The van der Waals surface area contributed by atoms with E-state index in [0.717, 1.165) is 13.0 Å². The van der Waals surface area contributed by atoms with Gasteiger partial charge in [-0.05, 0) is 59.1 Å². The van der Waals surface area contributed by atoms with Crippen LogP contribution in [0.15, 0.2) is 36.4 Å². The largest absolute Gasteiger partial charge is 0.306 e. The zero-order chi connectivity index (χ0) is 15.9. The predicted molar refractivity (Wildman–Crippen MR) is 94.6 cm³/mol. The Bertz CT molecular complexity index is 692. The average Bonchev–Trinajstić information content (AvgIpc) is 2.48. The highest BCUT2D eigenvalue weighted by Gasteiger charge is 2.24. The van der Waals surface area contributed by atoms with Crippen molar-refractivity contribution in [2.45, 2.75) is 52.5 Å². The molecule has 22 heavy (non-hydrogen) atoms. The first-order valence-electron chi connectivity index (χ1n) is 8.30. The van der Waals surface area contributed by atoms with Crippen LogP contribution in [-0.4, -0.2) is 6.54 Å². The van der Waals surface area contributed by atoms with Crippen molar-refractivity contribution in [1.82, 2.24) is 5.32 Å². The third kappa shape index (κ3) is 2.83. The van der Waals surface area contributed by atoms with Crippen LogP contribution in [0.1, 0.15) is 60.2 Å². The summed E-state index contributed by atoms with van der Waals surface area (Å²) in [5.41, 5.74) is 8.69. The third-order valence-corrected chi connectivity index (χ3v) is 4.93. The van der Waals surface area contributed by atoms with Gasteiger partial charge in [-0.2, -0.15) is 0 Å². The zero-order valence-corrected chi connectivity index (χ0v) is 14.5. The Morgan fingerprint density at radius 1 is 0.955 bits per heavy atom. The van der Waals surface area contributed by atoms with Crippen LogP contribution in [0.25, 0.3) is 0 Å².